The second-order valence-corrected chi connectivity index (χ2v) is 7.96. The van der Waals surface area contributed by atoms with Gasteiger partial charge in [0.1, 0.15) is 0 Å². The van der Waals surface area contributed by atoms with Gasteiger partial charge >= 0.3 is 0 Å². The van der Waals surface area contributed by atoms with Gasteiger partial charge in [-0.15, -0.1) is 0 Å². The summed E-state index contributed by atoms with van der Waals surface area (Å²) >= 11 is 0. The number of nitriles is 1. The van der Waals surface area contributed by atoms with Crippen LogP contribution in [-0.4, -0.2) is 9.97 Å². The normalized spacial score (nSPS) is 11.9. The minimum Gasteiger partial charge on any atom is -0.244 e. The Balaban J connectivity index is 1.97. The van der Waals surface area contributed by atoms with Crippen LogP contribution in [0.5, 0.6) is 0 Å². The molecule has 0 N–H and O–H groups in total. The van der Waals surface area contributed by atoms with E-state index in [4.69, 9.17) is 9.97 Å². The SMILES string of the molecule is Cc1cc2nc3c4ccc(C)c5ccc6c(C)ccc(c3nc2cc1C#N)c6c54. The van der Waals surface area contributed by atoms with Crippen molar-refractivity contribution in [3.05, 3.63) is 70.8 Å². The molecule has 1 aromatic heterocycles. The molecule has 0 radical (unpaired) electrons. The Labute approximate surface area is 167 Å². The Morgan fingerprint density at radius 2 is 1.10 bits per heavy atom. The second kappa shape index (κ2) is 5.40. The molecule has 0 aliphatic heterocycles. The molecule has 1 heterocycles. The summed E-state index contributed by atoms with van der Waals surface area (Å²) in [6, 6.07) is 19.2. The van der Waals surface area contributed by atoms with Gasteiger partial charge in [0.15, 0.2) is 0 Å². The van der Waals surface area contributed by atoms with Gasteiger partial charge in [0, 0.05) is 10.8 Å². The number of fused-ring (bicyclic) bond motifs is 4. The molecule has 0 aliphatic rings. The maximum Gasteiger partial charge on any atom is 0.0995 e. The van der Waals surface area contributed by atoms with Gasteiger partial charge in [-0.05, 0) is 71.1 Å². The van der Waals surface area contributed by atoms with Crippen molar-refractivity contribution in [2.75, 3.05) is 0 Å². The minimum atomic E-state index is 0.648. The van der Waals surface area contributed by atoms with Gasteiger partial charge in [-0.25, -0.2) is 9.97 Å². The smallest absolute Gasteiger partial charge is 0.0995 e. The lowest BCUT2D eigenvalue weighted by Crippen LogP contribution is -1.96. The average molecular weight is 371 g/mol. The number of hydrogen-bond acceptors (Lipinski definition) is 3. The molecule has 5 aromatic carbocycles. The summed E-state index contributed by atoms with van der Waals surface area (Å²) in [5.74, 6) is 0. The summed E-state index contributed by atoms with van der Waals surface area (Å²) in [4.78, 5) is 10.1. The van der Waals surface area contributed by atoms with Gasteiger partial charge in [-0.2, -0.15) is 5.26 Å². The monoisotopic (exact) mass is 371 g/mol. The summed E-state index contributed by atoms with van der Waals surface area (Å²) in [6.45, 7) is 6.26. The summed E-state index contributed by atoms with van der Waals surface area (Å²) in [7, 11) is 0. The van der Waals surface area contributed by atoms with Crippen LogP contribution in [0.3, 0.4) is 0 Å². The maximum atomic E-state index is 9.43. The molecule has 6 rings (SSSR count). The molecule has 0 saturated heterocycles. The lowest BCUT2D eigenvalue weighted by molar-refractivity contribution is 1.36. The molecule has 0 atom stereocenters. The highest BCUT2D eigenvalue weighted by Crippen LogP contribution is 2.41. The summed E-state index contributed by atoms with van der Waals surface area (Å²) < 4.78 is 0. The van der Waals surface area contributed by atoms with Crippen molar-refractivity contribution in [2.24, 2.45) is 0 Å². The van der Waals surface area contributed by atoms with E-state index < -0.39 is 0 Å². The average Bonchev–Trinajstić information content (AvgIpc) is 2.73. The zero-order valence-corrected chi connectivity index (χ0v) is 16.5. The molecule has 29 heavy (non-hydrogen) atoms. The van der Waals surface area contributed by atoms with Gasteiger partial charge in [0.2, 0.25) is 0 Å². The highest BCUT2D eigenvalue weighted by Gasteiger charge is 2.18. The van der Waals surface area contributed by atoms with Crippen LogP contribution >= 0.6 is 0 Å². The van der Waals surface area contributed by atoms with Crippen molar-refractivity contribution in [1.82, 2.24) is 9.97 Å². The standard InChI is InChI=1S/C26H17N3/c1-13-4-6-19-23-17(13)8-9-18-14(2)5-7-20(24(18)23)26-25(19)28-21-10-15(3)16(12-27)11-22(21)29-26/h4-11H,1-3H3. The van der Waals surface area contributed by atoms with Crippen molar-refractivity contribution in [1.29, 1.82) is 5.26 Å². The lowest BCUT2D eigenvalue weighted by Gasteiger charge is -2.16. The van der Waals surface area contributed by atoms with E-state index in [2.05, 4.69) is 56.3 Å². The summed E-state index contributed by atoms with van der Waals surface area (Å²) in [5.41, 5.74) is 7.53. The lowest BCUT2D eigenvalue weighted by atomic mass is 9.89. The zero-order valence-electron chi connectivity index (χ0n) is 16.5. The van der Waals surface area contributed by atoms with E-state index >= 15 is 0 Å². The Hall–Kier alpha value is -3.77. The molecule has 0 amide bonds. The van der Waals surface area contributed by atoms with Crippen LogP contribution in [0.25, 0.3) is 54.4 Å². The first-order valence-corrected chi connectivity index (χ1v) is 9.75. The van der Waals surface area contributed by atoms with Crippen LogP contribution in [0.1, 0.15) is 22.3 Å². The fourth-order valence-electron chi connectivity index (χ4n) is 4.68. The summed E-state index contributed by atoms with van der Waals surface area (Å²) in [5, 5.41) is 16.8. The van der Waals surface area contributed by atoms with E-state index in [0.29, 0.717) is 5.56 Å². The summed E-state index contributed by atoms with van der Waals surface area (Å²) in [6.07, 6.45) is 0. The van der Waals surface area contributed by atoms with Crippen LogP contribution in [0.4, 0.5) is 0 Å². The van der Waals surface area contributed by atoms with Crippen molar-refractivity contribution in [2.45, 2.75) is 20.8 Å². The van der Waals surface area contributed by atoms with Gasteiger partial charge < -0.3 is 0 Å². The molecule has 0 fully saturated rings. The molecule has 3 heteroatoms. The van der Waals surface area contributed by atoms with E-state index in [9.17, 15) is 5.26 Å². The first-order chi connectivity index (χ1) is 14.1. The Morgan fingerprint density at radius 3 is 1.62 bits per heavy atom. The minimum absolute atomic E-state index is 0.648. The van der Waals surface area contributed by atoms with E-state index in [1.165, 1.54) is 32.7 Å². The largest absolute Gasteiger partial charge is 0.244 e. The predicted molar refractivity (Wildman–Crippen MR) is 120 cm³/mol. The van der Waals surface area contributed by atoms with Crippen LogP contribution in [0, 0.1) is 32.1 Å². The molecular formula is C26H17N3. The Kier molecular flexibility index (Phi) is 3.02. The molecule has 0 bridgehead atoms. The fourth-order valence-corrected chi connectivity index (χ4v) is 4.68. The number of nitrogens with zero attached hydrogens (tertiary/aromatic N) is 3. The molecule has 0 saturated carbocycles. The third-order valence-electron chi connectivity index (χ3n) is 6.23. The molecule has 3 nitrogen and oxygen atoms in total. The highest BCUT2D eigenvalue weighted by molar-refractivity contribution is 6.33. The molecule has 0 spiro atoms. The van der Waals surface area contributed by atoms with E-state index in [0.717, 1.165) is 38.4 Å². The van der Waals surface area contributed by atoms with Crippen LogP contribution in [0.15, 0.2) is 48.5 Å². The number of aryl methyl sites for hydroxylation is 3. The van der Waals surface area contributed by atoms with Crippen LogP contribution in [-0.2, 0) is 0 Å². The molecule has 0 unspecified atom stereocenters. The molecule has 0 aliphatic carbocycles. The highest BCUT2D eigenvalue weighted by atomic mass is 14.8. The molecule has 136 valence electrons. The van der Waals surface area contributed by atoms with Crippen molar-refractivity contribution in [3.8, 4) is 6.07 Å². The predicted octanol–water partition coefficient (Wildman–Crippen LogP) is 6.48. The number of rotatable bonds is 0. The van der Waals surface area contributed by atoms with Gasteiger partial charge in [0.25, 0.3) is 0 Å². The van der Waals surface area contributed by atoms with Crippen LogP contribution < -0.4 is 0 Å². The third-order valence-corrected chi connectivity index (χ3v) is 6.23. The second-order valence-electron chi connectivity index (χ2n) is 7.96. The van der Waals surface area contributed by atoms with Crippen molar-refractivity contribution < 1.29 is 0 Å². The van der Waals surface area contributed by atoms with E-state index in [-0.39, 0.29) is 0 Å². The third kappa shape index (κ3) is 2.01. The number of hydrogen-bond donors (Lipinski definition) is 0. The number of aromatic nitrogens is 2. The molecule has 6 aromatic rings. The Morgan fingerprint density at radius 1 is 0.621 bits per heavy atom. The fraction of sp³-hybridized carbons (Fsp3) is 0.115. The van der Waals surface area contributed by atoms with E-state index in [1.54, 1.807) is 0 Å². The quantitative estimate of drug-likeness (QED) is 0.227. The maximum absolute atomic E-state index is 9.43. The zero-order chi connectivity index (χ0) is 19.9. The number of benzene rings is 5. The first kappa shape index (κ1) is 16.2. The van der Waals surface area contributed by atoms with Gasteiger partial charge in [0.05, 0.1) is 33.7 Å². The Bertz CT molecular complexity index is 1690. The van der Waals surface area contributed by atoms with E-state index in [1.807, 2.05) is 19.1 Å². The topological polar surface area (TPSA) is 49.6 Å². The van der Waals surface area contributed by atoms with Crippen molar-refractivity contribution in [3.63, 3.8) is 0 Å². The molecular weight excluding hydrogens is 354 g/mol. The van der Waals surface area contributed by atoms with Gasteiger partial charge in [-0.3, -0.25) is 0 Å². The van der Waals surface area contributed by atoms with Crippen molar-refractivity contribution >= 4 is 54.4 Å². The van der Waals surface area contributed by atoms with Gasteiger partial charge in [-0.1, -0.05) is 36.4 Å². The van der Waals surface area contributed by atoms with Crippen LogP contribution in [0.2, 0.25) is 0 Å². The first-order valence-electron chi connectivity index (χ1n) is 9.75.